The zero-order chi connectivity index (χ0) is 17.2. The van der Waals surface area contributed by atoms with Crippen LogP contribution in [0.15, 0.2) is 18.2 Å². The van der Waals surface area contributed by atoms with E-state index in [1.165, 1.54) is 24.9 Å². The SMILES string of the molecule is CC(C)(C)OC(=O)N1CCOc2cc(N3CCCCC3)ccc2C1. The summed E-state index contributed by atoms with van der Waals surface area (Å²) in [5, 5.41) is 0. The van der Waals surface area contributed by atoms with Gasteiger partial charge in [-0.25, -0.2) is 4.79 Å². The quantitative estimate of drug-likeness (QED) is 0.784. The lowest BCUT2D eigenvalue weighted by Gasteiger charge is -2.29. The van der Waals surface area contributed by atoms with Crippen LogP contribution in [0.25, 0.3) is 0 Å². The zero-order valence-electron chi connectivity index (χ0n) is 15.0. The van der Waals surface area contributed by atoms with Crippen molar-refractivity contribution >= 4 is 11.8 Å². The summed E-state index contributed by atoms with van der Waals surface area (Å²) in [6.07, 6.45) is 3.55. The standard InChI is InChI=1S/C19H28N2O3/c1-19(2,3)24-18(22)21-11-12-23-17-13-16(8-7-15(17)14-21)20-9-5-4-6-10-20/h7-8,13H,4-6,9-12,14H2,1-3H3. The van der Waals surface area contributed by atoms with Gasteiger partial charge < -0.3 is 19.3 Å². The number of hydrogen-bond donors (Lipinski definition) is 0. The molecule has 5 heteroatoms. The van der Waals surface area contributed by atoms with Crippen molar-refractivity contribution in [3.8, 4) is 5.75 Å². The summed E-state index contributed by atoms with van der Waals surface area (Å²) < 4.78 is 11.4. The molecule has 2 aliphatic rings. The number of anilines is 1. The Morgan fingerprint density at radius 1 is 1.12 bits per heavy atom. The van der Waals surface area contributed by atoms with Crippen LogP contribution in [0.4, 0.5) is 10.5 Å². The van der Waals surface area contributed by atoms with Crippen molar-refractivity contribution < 1.29 is 14.3 Å². The molecular weight excluding hydrogens is 304 g/mol. The van der Waals surface area contributed by atoms with Gasteiger partial charge >= 0.3 is 6.09 Å². The smallest absolute Gasteiger partial charge is 0.410 e. The summed E-state index contributed by atoms with van der Waals surface area (Å²) in [6, 6.07) is 6.35. The molecule has 0 spiro atoms. The van der Waals surface area contributed by atoms with E-state index < -0.39 is 5.60 Å². The zero-order valence-corrected chi connectivity index (χ0v) is 15.0. The maximum absolute atomic E-state index is 12.3. The molecule has 5 nitrogen and oxygen atoms in total. The number of carbonyl (C=O) groups excluding carboxylic acids is 1. The van der Waals surface area contributed by atoms with Crippen molar-refractivity contribution in [1.82, 2.24) is 4.90 Å². The molecule has 0 bridgehead atoms. The molecular formula is C19H28N2O3. The van der Waals surface area contributed by atoms with E-state index in [0.29, 0.717) is 19.7 Å². The first kappa shape index (κ1) is 16.9. The third-order valence-corrected chi connectivity index (χ3v) is 4.40. The van der Waals surface area contributed by atoms with Crippen LogP contribution in [0.1, 0.15) is 45.6 Å². The van der Waals surface area contributed by atoms with Crippen molar-refractivity contribution in [1.29, 1.82) is 0 Å². The van der Waals surface area contributed by atoms with Crippen LogP contribution in [0.2, 0.25) is 0 Å². The van der Waals surface area contributed by atoms with Crippen molar-refractivity contribution in [2.75, 3.05) is 31.1 Å². The predicted molar refractivity (Wildman–Crippen MR) is 94.6 cm³/mol. The van der Waals surface area contributed by atoms with Gasteiger partial charge in [-0.05, 0) is 46.1 Å². The van der Waals surface area contributed by atoms with E-state index in [4.69, 9.17) is 9.47 Å². The van der Waals surface area contributed by atoms with Crippen LogP contribution in [-0.2, 0) is 11.3 Å². The summed E-state index contributed by atoms with van der Waals surface area (Å²) in [6.45, 7) is 9.46. The number of hydrogen-bond acceptors (Lipinski definition) is 4. The highest BCUT2D eigenvalue weighted by atomic mass is 16.6. The number of nitrogens with zero attached hydrogens (tertiary/aromatic N) is 2. The molecule has 0 atom stereocenters. The summed E-state index contributed by atoms with van der Waals surface area (Å²) in [4.78, 5) is 16.5. The first-order chi connectivity index (χ1) is 11.4. The molecule has 1 aromatic rings. The highest BCUT2D eigenvalue weighted by Crippen LogP contribution is 2.30. The Kier molecular flexibility index (Phi) is 4.88. The van der Waals surface area contributed by atoms with Gasteiger partial charge in [0.15, 0.2) is 0 Å². The van der Waals surface area contributed by atoms with E-state index in [1.807, 2.05) is 20.8 Å². The lowest BCUT2D eigenvalue weighted by molar-refractivity contribution is 0.0225. The minimum atomic E-state index is -0.481. The largest absolute Gasteiger partial charge is 0.491 e. The molecule has 1 saturated heterocycles. The normalized spacial score (nSPS) is 18.5. The summed E-state index contributed by atoms with van der Waals surface area (Å²) in [7, 11) is 0. The maximum Gasteiger partial charge on any atom is 0.410 e. The van der Waals surface area contributed by atoms with Gasteiger partial charge in [0.25, 0.3) is 0 Å². The van der Waals surface area contributed by atoms with Gasteiger partial charge in [0.2, 0.25) is 0 Å². The molecule has 24 heavy (non-hydrogen) atoms. The lowest BCUT2D eigenvalue weighted by Crippen LogP contribution is -2.37. The molecule has 0 aromatic heterocycles. The second-order valence-electron chi connectivity index (χ2n) is 7.59. The van der Waals surface area contributed by atoms with Crippen LogP contribution in [0, 0.1) is 0 Å². The van der Waals surface area contributed by atoms with Gasteiger partial charge in [0.1, 0.15) is 18.0 Å². The van der Waals surface area contributed by atoms with Gasteiger partial charge in [0.05, 0.1) is 13.1 Å². The number of piperidine rings is 1. The monoisotopic (exact) mass is 332 g/mol. The van der Waals surface area contributed by atoms with Gasteiger partial charge in [-0.15, -0.1) is 0 Å². The summed E-state index contributed by atoms with van der Waals surface area (Å²) in [5.41, 5.74) is 1.78. The number of ether oxygens (including phenoxy) is 2. The summed E-state index contributed by atoms with van der Waals surface area (Å²) in [5.74, 6) is 0.893. The average Bonchev–Trinajstić information content (AvgIpc) is 2.75. The van der Waals surface area contributed by atoms with Crippen molar-refractivity contribution in [2.45, 2.75) is 52.2 Å². The van der Waals surface area contributed by atoms with Crippen molar-refractivity contribution in [3.05, 3.63) is 23.8 Å². The summed E-state index contributed by atoms with van der Waals surface area (Å²) >= 11 is 0. The van der Waals surface area contributed by atoms with E-state index in [9.17, 15) is 4.79 Å². The molecule has 132 valence electrons. The topological polar surface area (TPSA) is 42.0 Å². The number of carbonyl (C=O) groups is 1. The average molecular weight is 332 g/mol. The molecule has 1 fully saturated rings. The molecule has 3 rings (SSSR count). The Morgan fingerprint density at radius 3 is 2.58 bits per heavy atom. The Hall–Kier alpha value is -1.91. The molecule has 2 heterocycles. The van der Waals surface area contributed by atoms with Crippen molar-refractivity contribution in [2.24, 2.45) is 0 Å². The number of benzene rings is 1. The van der Waals surface area contributed by atoms with Gasteiger partial charge in [0, 0.05) is 30.4 Å². The molecule has 0 N–H and O–H groups in total. The first-order valence-corrected chi connectivity index (χ1v) is 8.91. The van der Waals surface area contributed by atoms with Gasteiger partial charge in [-0.3, -0.25) is 0 Å². The molecule has 1 aromatic carbocycles. The minimum Gasteiger partial charge on any atom is -0.491 e. The van der Waals surface area contributed by atoms with Gasteiger partial charge in [-0.1, -0.05) is 6.07 Å². The molecule has 2 aliphatic heterocycles. The van der Waals surface area contributed by atoms with Crippen LogP contribution >= 0.6 is 0 Å². The minimum absolute atomic E-state index is 0.279. The van der Waals surface area contributed by atoms with E-state index in [-0.39, 0.29) is 6.09 Å². The third-order valence-electron chi connectivity index (χ3n) is 4.40. The predicted octanol–water partition coefficient (Wildman–Crippen LogP) is 3.81. The number of amides is 1. The highest BCUT2D eigenvalue weighted by Gasteiger charge is 2.25. The van der Waals surface area contributed by atoms with E-state index in [0.717, 1.165) is 24.4 Å². The highest BCUT2D eigenvalue weighted by molar-refractivity contribution is 5.68. The number of fused-ring (bicyclic) bond motifs is 1. The Morgan fingerprint density at radius 2 is 1.88 bits per heavy atom. The maximum atomic E-state index is 12.3. The van der Waals surface area contributed by atoms with Crippen LogP contribution in [0.5, 0.6) is 5.75 Å². The van der Waals surface area contributed by atoms with Crippen LogP contribution in [0.3, 0.4) is 0 Å². The van der Waals surface area contributed by atoms with Gasteiger partial charge in [-0.2, -0.15) is 0 Å². The fourth-order valence-corrected chi connectivity index (χ4v) is 3.19. The second kappa shape index (κ2) is 6.91. The van der Waals surface area contributed by atoms with E-state index in [2.05, 4.69) is 23.1 Å². The Balaban J connectivity index is 1.73. The number of rotatable bonds is 1. The van der Waals surface area contributed by atoms with Crippen LogP contribution in [-0.4, -0.2) is 42.8 Å². The third kappa shape index (κ3) is 4.13. The molecule has 0 unspecified atom stereocenters. The lowest BCUT2D eigenvalue weighted by atomic mass is 10.1. The Labute approximate surface area is 144 Å². The van der Waals surface area contributed by atoms with Crippen molar-refractivity contribution in [3.63, 3.8) is 0 Å². The molecule has 0 saturated carbocycles. The second-order valence-corrected chi connectivity index (χ2v) is 7.59. The molecule has 0 radical (unpaired) electrons. The van der Waals surface area contributed by atoms with E-state index >= 15 is 0 Å². The fraction of sp³-hybridized carbons (Fsp3) is 0.632. The molecule has 0 aliphatic carbocycles. The fourth-order valence-electron chi connectivity index (χ4n) is 3.19. The first-order valence-electron chi connectivity index (χ1n) is 8.91. The Bertz CT molecular complexity index is 589. The van der Waals surface area contributed by atoms with Crippen LogP contribution < -0.4 is 9.64 Å². The van der Waals surface area contributed by atoms with E-state index in [1.54, 1.807) is 4.90 Å². The molecule has 1 amide bonds.